The first-order valence-electron chi connectivity index (χ1n) is 0. The van der Waals surface area contributed by atoms with E-state index in [4.69, 9.17) is 0 Å². The SMILES string of the molecule is O.O.O.O.O.[AlH3].[AlH3].[AlH3].[AlH3].[AlH3].[AlH3].[AlH3].[AlH3].[AlH3].[AlH3].[AlH3].[AlH3].[AlH3].[AlH3].[AlH3].[AlH3].[AlH3]. The second-order valence-corrected chi connectivity index (χ2v) is 0. The van der Waals surface area contributed by atoms with E-state index in [2.05, 4.69) is 0 Å². The van der Waals surface area contributed by atoms with Crippen LogP contribution in [0.4, 0.5) is 0 Å². The molecule has 0 aromatic carbocycles. The summed E-state index contributed by atoms with van der Waals surface area (Å²) < 4.78 is 0. The van der Waals surface area contributed by atoms with E-state index < -0.39 is 0 Å². The Balaban J connectivity index is 0. The first-order chi connectivity index (χ1) is 0. The zero-order chi connectivity index (χ0) is 0. The molecule has 0 saturated carbocycles. The standard InChI is InChI=1S/17Al.5H2O.51H/h;;;;;;;;;;;;;;;;;5*1H2;;;;;;;;;;;;;;;;;;;;;;;;;;;;;;;;;;;;;;;;;;;;;;;;;;;. The van der Waals surface area contributed by atoms with Crippen molar-refractivity contribution in [3.8, 4) is 0 Å². The van der Waals surface area contributed by atoms with E-state index in [0.717, 1.165) is 0 Å². The predicted octanol–water partition coefficient (Wildman–Crippen LogP) is -24.2. The van der Waals surface area contributed by atoms with Crippen molar-refractivity contribution in [2.24, 2.45) is 0 Å². The van der Waals surface area contributed by atoms with E-state index >= 15 is 0 Å². The van der Waals surface area contributed by atoms with Gasteiger partial charge in [-0.25, -0.2) is 0 Å². The number of rotatable bonds is 0. The molecule has 0 amide bonds. The van der Waals surface area contributed by atoms with Crippen LogP contribution in [0, 0.1) is 0 Å². The molecule has 0 atom stereocenters. The summed E-state index contributed by atoms with van der Waals surface area (Å²) in [5.74, 6) is 0. The maximum atomic E-state index is 0. The number of hydrogen-bond donors (Lipinski definition) is 0. The molecule has 22 heteroatoms. The normalized spacial score (nSPS) is 0. The second kappa shape index (κ2) is 317. The van der Waals surface area contributed by atoms with Crippen molar-refractivity contribution in [1.29, 1.82) is 0 Å². The Hall–Kier alpha value is 8.85. The Kier molecular flexibility index (Phi) is 5060. The minimum Gasteiger partial charge on any atom is -0.412 e. The summed E-state index contributed by atoms with van der Waals surface area (Å²) in [4.78, 5) is 0. The lowest BCUT2D eigenvalue weighted by Crippen LogP contribution is -0.382. The summed E-state index contributed by atoms with van der Waals surface area (Å²) in [6, 6.07) is 0. The maximum absolute atomic E-state index is 0. The van der Waals surface area contributed by atoms with Crippen LogP contribution in [0.5, 0.6) is 0 Å². The van der Waals surface area contributed by atoms with E-state index in [9.17, 15) is 0 Å². The molecule has 0 heterocycles. The Morgan fingerprint density at radius 2 is 0.0909 bits per heavy atom. The van der Waals surface area contributed by atoms with Crippen molar-refractivity contribution in [2.75, 3.05) is 0 Å². The molecule has 0 bridgehead atoms. The van der Waals surface area contributed by atoms with Crippen LogP contribution >= 0.6 is 0 Å². The van der Waals surface area contributed by atoms with Crippen molar-refractivity contribution in [3.63, 3.8) is 0 Å². The van der Waals surface area contributed by atoms with Crippen LogP contribution in [0.2, 0.25) is 0 Å². The highest BCUT2D eigenvalue weighted by Crippen LogP contribution is -0.284. The van der Waals surface area contributed by atoms with Crippen LogP contribution in [0.15, 0.2) is 0 Å². The molecule has 0 aliphatic rings. The average Bonchev–Trinajstić information content (AvgIpc) is 0. The molecule has 0 aromatic rings. The minimum atomic E-state index is 0. The highest BCUT2D eigenvalue weighted by Gasteiger charge is 0.203. The summed E-state index contributed by atoms with van der Waals surface area (Å²) >= 11 is 0. The van der Waals surface area contributed by atoms with Crippen LogP contribution in [-0.2, 0) is 0 Å². The lowest BCUT2D eigenvalue weighted by Gasteiger charge is -0.413. The average molecular weight is 600 g/mol. The quantitative estimate of drug-likeness (QED) is 0.242. The minimum absolute atomic E-state index is 0. The molecular weight excluding hydrogens is 539 g/mol. The van der Waals surface area contributed by atoms with Crippen molar-refractivity contribution in [3.05, 3.63) is 0 Å². The molecule has 10 N–H and O–H groups in total. The fraction of sp³-hybridized carbons (Fsp3) is 0. The molecule has 22 heavy (non-hydrogen) atoms. The van der Waals surface area contributed by atoms with Crippen LogP contribution in [0.1, 0.15) is 0 Å². The zero-order valence-corrected chi connectivity index (χ0v) is 2.50. The van der Waals surface area contributed by atoms with Gasteiger partial charge in [-0.15, -0.1) is 0 Å². The van der Waals surface area contributed by atoms with Crippen molar-refractivity contribution in [2.45, 2.75) is 0 Å². The van der Waals surface area contributed by atoms with E-state index in [1.54, 1.807) is 0 Å². The van der Waals surface area contributed by atoms with Gasteiger partial charge < -0.3 is 27.4 Å². The zero-order valence-electron chi connectivity index (χ0n) is 2.50. The van der Waals surface area contributed by atoms with Gasteiger partial charge in [0.25, 0.3) is 0 Å². The highest BCUT2D eigenvalue weighted by molar-refractivity contribution is 5.77. The van der Waals surface area contributed by atoms with Crippen LogP contribution in [-0.4, -0.2) is 323 Å². The largest absolute Gasteiger partial charge is 0.412 e. The van der Waals surface area contributed by atoms with Gasteiger partial charge in [-0.3, -0.25) is 0 Å². The Morgan fingerprint density at radius 3 is 0.0909 bits per heavy atom. The Bertz CT molecular complexity index is 17.0. The molecule has 0 unspecified atom stereocenters. The smallest absolute Gasteiger partial charge is 0.187 e. The fourth-order valence-corrected chi connectivity index (χ4v) is 0. The van der Waals surface area contributed by atoms with Gasteiger partial charge in [-0.05, 0) is 0 Å². The van der Waals surface area contributed by atoms with Gasteiger partial charge in [-0.1, -0.05) is 0 Å². The molecule has 0 saturated heterocycles. The summed E-state index contributed by atoms with van der Waals surface area (Å²) in [7, 11) is 0. The molecule has 0 aromatic heterocycles. The van der Waals surface area contributed by atoms with Crippen molar-refractivity contribution in [1.82, 2.24) is 0 Å². The van der Waals surface area contributed by atoms with Crippen LogP contribution in [0.3, 0.4) is 0 Å². The maximum Gasteiger partial charge on any atom is 0.187 e. The Morgan fingerprint density at radius 1 is 0.0909 bits per heavy atom. The predicted molar refractivity (Wildman–Crippen MR) is 187 cm³/mol. The van der Waals surface area contributed by atoms with Crippen molar-refractivity contribution >= 4 is 295 Å². The highest BCUT2D eigenvalue weighted by atomic mass is 27.0. The van der Waals surface area contributed by atoms with Gasteiger partial charge in [0.05, 0.1) is 0 Å². The third-order valence-electron chi connectivity index (χ3n) is 0. The lowest BCUT2D eigenvalue weighted by molar-refractivity contribution is 0.823. The van der Waals surface area contributed by atoms with E-state index in [1.807, 2.05) is 0 Å². The molecule has 0 aliphatic carbocycles. The number of hydrogen-bond acceptors (Lipinski definition) is 0. The van der Waals surface area contributed by atoms with Crippen LogP contribution in [0.25, 0.3) is 0 Å². The van der Waals surface area contributed by atoms with Gasteiger partial charge in [0.1, 0.15) is 0 Å². The molecule has 0 radical (unpaired) electrons. The van der Waals surface area contributed by atoms with E-state index in [1.165, 1.54) is 0 Å². The first-order valence-corrected chi connectivity index (χ1v) is 0. The van der Waals surface area contributed by atoms with E-state index in [0.29, 0.717) is 0 Å². The third-order valence-corrected chi connectivity index (χ3v) is 0. The topological polar surface area (TPSA) is 158 Å². The fourth-order valence-electron chi connectivity index (χ4n) is 0. The summed E-state index contributed by atoms with van der Waals surface area (Å²) in [5, 5.41) is 0. The molecule has 142 valence electrons. The van der Waals surface area contributed by atoms with E-state index in [-0.39, 0.29) is 323 Å². The first kappa shape index (κ1) is 351. The molecule has 0 rings (SSSR count). The third kappa shape index (κ3) is 286. The lowest BCUT2D eigenvalue weighted by atomic mass is 16.0. The monoisotopic (exact) mass is 600 g/mol. The van der Waals surface area contributed by atoms with Gasteiger partial charge >= 0.3 is 0 Å². The summed E-state index contributed by atoms with van der Waals surface area (Å²) in [6.45, 7) is 0. The van der Waals surface area contributed by atoms with Gasteiger partial charge in [0, 0.05) is 0 Å². The molecule has 0 spiro atoms. The summed E-state index contributed by atoms with van der Waals surface area (Å²) in [6.07, 6.45) is 0. The van der Waals surface area contributed by atoms with Crippen LogP contribution < -0.4 is 0 Å². The summed E-state index contributed by atoms with van der Waals surface area (Å²) in [5.41, 5.74) is 0. The molecular formula is H61Al17O5. The molecule has 5 nitrogen and oxygen atoms in total. The molecule has 0 aliphatic heterocycles. The van der Waals surface area contributed by atoms with Crippen molar-refractivity contribution < 1.29 is 27.4 Å². The Labute approximate surface area is 316 Å². The van der Waals surface area contributed by atoms with Gasteiger partial charge in [0.2, 0.25) is 0 Å². The van der Waals surface area contributed by atoms with Gasteiger partial charge in [-0.2, -0.15) is 0 Å². The van der Waals surface area contributed by atoms with Gasteiger partial charge in [0.15, 0.2) is 295 Å². The molecule has 0 fully saturated rings. The second-order valence-electron chi connectivity index (χ2n) is 0.